The van der Waals surface area contributed by atoms with Crippen LogP contribution in [0.2, 0.25) is 0 Å². The van der Waals surface area contributed by atoms with Crippen molar-refractivity contribution in [1.29, 1.82) is 0 Å². The third-order valence-corrected chi connectivity index (χ3v) is 4.06. The van der Waals surface area contributed by atoms with Crippen molar-refractivity contribution in [2.45, 2.75) is 37.8 Å². The summed E-state index contributed by atoms with van der Waals surface area (Å²) in [6.45, 7) is 2.98. The van der Waals surface area contributed by atoms with Crippen LogP contribution >= 0.6 is 0 Å². The lowest BCUT2D eigenvalue weighted by Crippen LogP contribution is -2.43. The fraction of sp³-hybridized carbons (Fsp3) is 0.769. The Morgan fingerprint density at radius 1 is 1.40 bits per heavy atom. The van der Waals surface area contributed by atoms with E-state index >= 15 is 0 Å². The van der Waals surface area contributed by atoms with E-state index in [1.807, 2.05) is 0 Å². The van der Waals surface area contributed by atoms with Crippen LogP contribution in [0, 0.1) is 0 Å². The Labute approximate surface area is 118 Å². The molecule has 3 heterocycles. The summed E-state index contributed by atoms with van der Waals surface area (Å²) < 4.78 is 5.18. The third kappa shape index (κ3) is 2.99. The fourth-order valence-electron chi connectivity index (χ4n) is 2.77. The zero-order valence-electron chi connectivity index (χ0n) is 11.8. The molecule has 0 bridgehead atoms. The van der Waals surface area contributed by atoms with Crippen LogP contribution in [0.3, 0.4) is 0 Å². The molecule has 1 aromatic rings. The van der Waals surface area contributed by atoms with Crippen LogP contribution in [0.1, 0.15) is 48.2 Å². The van der Waals surface area contributed by atoms with Gasteiger partial charge < -0.3 is 20.1 Å². The molecule has 2 aliphatic rings. The number of aromatic nitrogens is 2. The quantitative estimate of drug-likeness (QED) is 0.829. The summed E-state index contributed by atoms with van der Waals surface area (Å²) in [5.74, 6) is 0.441. The molecule has 0 spiro atoms. The Bertz CT molecular complexity index is 461. The van der Waals surface area contributed by atoms with Crippen LogP contribution in [0.4, 0.5) is 0 Å². The maximum atomic E-state index is 12.1. The highest BCUT2D eigenvalue weighted by molar-refractivity contribution is 5.90. The van der Waals surface area contributed by atoms with Gasteiger partial charge in [-0.3, -0.25) is 4.79 Å². The Hall–Kier alpha value is -1.47. The van der Waals surface area contributed by atoms with Crippen molar-refractivity contribution in [3.05, 3.63) is 11.7 Å². The lowest BCUT2D eigenvalue weighted by Gasteiger charge is -2.29. The lowest BCUT2D eigenvalue weighted by atomic mass is 10.1. The number of carbonyl (C=O) groups is 1. The second-order valence-corrected chi connectivity index (χ2v) is 5.66. The molecule has 1 unspecified atom stereocenters. The standard InChI is InChI=1S/C13H21N5O2/c1-18-7-4-9(5-8-18)15-12(19)11-16-13(20-17-11)10-3-2-6-14-10/h9-10,14H,2-8H2,1H3,(H,15,19). The Morgan fingerprint density at radius 3 is 2.90 bits per heavy atom. The maximum Gasteiger partial charge on any atom is 0.292 e. The largest absolute Gasteiger partial charge is 0.346 e. The molecule has 1 aromatic heterocycles. The molecule has 20 heavy (non-hydrogen) atoms. The molecule has 2 N–H and O–H groups in total. The van der Waals surface area contributed by atoms with E-state index in [1.54, 1.807) is 0 Å². The van der Waals surface area contributed by atoms with Gasteiger partial charge in [0.15, 0.2) is 0 Å². The number of hydrogen-bond acceptors (Lipinski definition) is 6. The van der Waals surface area contributed by atoms with Crippen molar-refractivity contribution < 1.29 is 9.32 Å². The summed E-state index contributed by atoms with van der Waals surface area (Å²) in [4.78, 5) is 18.6. The molecule has 0 aliphatic carbocycles. The summed E-state index contributed by atoms with van der Waals surface area (Å²) in [5.41, 5.74) is 0. The average Bonchev–Trinajstić information content (AvgIpc) is 3.11. The van der Waals surface area contributed by atoms with Gasteiger partial charge in [-0.25, -0.2) is 0 Å². The molecule has 7 heteroatoms. The van der Waals surface area contributed by atoms with Gasteiger partial charge in [0, 0.05) is 6.04 Å². The van der Waals surface area contributed by atoms with Crippen molar-refractivity contribution in [2.75, 3.05) is 26.7 Å². The second-order valence-electron chi connectivity index (χ2n) is 5.66. The van der Waals surface area contributed by atoms with Gasteiger partial charge in [-0.15, -0.1) is 0 Å². The second kappa shape index (κ2) is 5.88. The van der Waals surface area contributed by atoms with E-state index in [1.165, 1.54) is 0 Å². The Morgan fingerprint density at radius 2 is 2.20 bits per heavy atom. The summed E-state index contributed by atoms with van der Waals surface area (Å²) in [5, 5.41) is 10.1. The molecule has 110 valence electrons. The number of amides is 1. The molecule has 2 aliphatic heterocycles. The normalized spacial score (nSPS) is 24.9. The van der Waals surface area contributed by atoms with E-state index in [2.05, 4.69) is 32.7 Å². The number of hydrogen-bond donors (Lipinski definition) is 2. The van der Waals surface area contributed by atoms with Gasteiger partial charge in [0.2, 0.25) is 5.89 Å². The van der Waals surface area contributed by atoms with Crippen LogP contribution in [0.25, 0.3) is 0 Å². The number of likely N-dealkylation sites (tertiary alicyclic amines) is 1. The van der Waals surface area contributed by atoms with Crippen LogP contribution < -0.4 is 10.6 Å². The van der Waals surface area contributed by atoms with Crippen molar-refractivity contribution in [1.82, 2.24) is 25.7 Å². The minimum Gasteiger partial charge on any atom is -0.346 e. The highest BCUT2D eigenvalue weighted by Crippen LogP contribution is 2.21. The van der Waals surface area contributed by atoms with E-state index in [-0.39, 0.29) is 23.8 Å². The predicted molar refractivity (Wildman–Crippen MR) is 72.3 cm³/mol. The first-order chi connectivity index (χ1) is 9.72. The minimum atomic E-state index is -0.229. The fourth-order valence-corrected chi connectivity index (χ4v) is 2.77. The van der Waals surface area contributed by atoms with Gasteiger partial charge in [-0.1, -0.05) is 5.16 Å². The highest BCUT2D eigenvalue weighted by atomic mass is 16.5. The Balaban J connectivity index is 1.57. The van der Waals surface area contributed by atoms with E-state index in [9.17, 15) is 4.79 Å². The molecule has 1 atom stereocenters. The van der Waals surface area contributed by atoms with Gasteiger partial charge in [-0.05, 0) is 52.4 Å². The van der Waals surface area contributed by atoms with E-state index in [0.29, 0.717) is 5.89 Å². The SMILES string of the molecule is CN1CCC(NC(=O)c2noc(C3CCCN3)n2)CC1. The van der Waals surface area contributed by atoms with Gasteiger partial charge in [0.25, 0.3) is 11.7 Å². The number of rotatable bonds is 3. The van der Waals surface area contributed by atoms with Crippen LogP contribution in [-0.2, 0) is 0 Å². The molecule has 0 radical (unpaired) electrons. The monoisotopic (exact) mass is 279 g/mol. The van der Waals surface area contributed by atoms with Crippen LogP contribution in [0.5, 0.6) is 0 Å². The summed E-state index contributed by atoms with van der Waals surface area (Å²) in [6.07, 6.45) is 4.02. The zero-order chi connectivity index (χ0) is 13.9. The minimum absolute atomic E-state index is 0.104. The molecular formula is C13H21N5O2. The van der Waals surface area contributed by atoms with Crippen molar-refractivity contribution in [3.63, 3.8) is 0 Å². The van der Waals surface area contributed by atoms with E-state index in [0.717, 1.165) is 45.3 Å². The topological polar surface area (TPSA) is 83.3 Å². The predicted octanol–water partition coefficient (Wildman–Crippen LogP) is 0.318. The van der Waals surface area contributed by atoms with Gasteiger partial charge in [0.1, 0.15) is 0 Å². The van der Waals surface area contributed by atoms with E-state index in [4.69, 9.17) is 4.52 Å². The highest BCUT2D eigenvalue weighted by Gasteiger charge is 2.26. The molecule has 0 aromatic carbocycles. The summed E-state index contributed by atoms with van der Waals surface area (Å²) in [6, 6.07) is 0.317. The van der Waals surface area contributed by atoms with Crippen LogP contribution in [-0.4, -0.2) is 53.7 Å². The van der Waals surface area contributed by atoms with Crippen molar-refractivity contribution in [2.24, 2.45) is 0 Å². The number of piperidine rings is 1. The molecule has 2 saturated heterocycles. The first kappa shape index (κ1) is 13.5. The molecule has 7 nitrogen and oxygen atoms in total. The molecule has 1 amide bonds. The molecular weight excluding hydrogens is 258 g/mol. The molecule has 0 saturated carbocycles. The first-order valence-corrected chi connectivity index (χ1v) is 7.29. The van der Waals surface area contributed by atoms with Crippen LogP contribution in [0.15, 0.2) is 4.52 Å². The number of carbonyl (C=O) groups excluding carboxylic acids is 1. The molecule has 2 fully saturated rings. The number of nitrogens with one attached hydrogen (secondary N) is 2. The van der Waals surface area contributed by atoms with Gasteiger partial charge >= 0.3 is 0 Å². The van der Waals surface area contributed by atoms with E-state index < -0.39 is 0 Å². The zero-order valence-corrected chi connectivity index (χ0v) is 11.8. The first-order valence-electron chi connectivity index (χ1n) is 7.29. The summed E-state index contributed by atoms with van der Waals surface area (Å²) in [7, 11) is 2.10. The maximum absolute atomic E-state index is 12.1. The van der Waals surface area contributed by atoms with Gasteiger partial charge in [-0.2, -0.15) is 4.98 Å². The van der Waals surface area contributed by atoms with Crippen molar-refractivity contribution >= 4 is 5.91 Å². The average molecular weight is 279 g/mol. The smallest absolute Gasteiger partial charge is 0.292 e. The lowest BCUT2D eigenvalue weighted by molar-refractivity contribution is 0.0903. The third-order valence-electron chi connectivity index (χ3n) is 4.06. The Kier molecular flexibility index (Phi) is 3.98. The van der Waals surface area contributed by atoms with Gasteiger partial charge in [0.05, 0.1) is 6.04 Å². The molecule has 3 rings (SSSR count). The number of nitrogens with zero attached hydrogens (tertiary/aromatic N) is 3. The van der Waals surface area contributed by atoms with Crippen molar-refractivity contribution in [3.8, 4) is 0 Å². The summed E-state index contributed by atoms with van der Waals surface area (Å²) >= 11 is 0.